The molecule has 1 aromatic heterocycles. The van der Waals surface area contributed by atoms with Gasteiger partial charge in [0.2, 0.25) is 0 Å². The number of anilines is 1. The van der Waals surface area contributed by atoms with Crippen molar-refractivity contribution in [1.82, 2.24) is 4.98 Å². The summed E-state index contributed by atoms with van der Waals surface area (Å²) in [7, 11) is 1.61. The van der Waals surface area contributed by atoms with E-state index in [1.165, 1.54) is 13.0 Å². The van der Waals surface area contributed by atoms with Crippen LogP contribution in [-0.4, -0.2) is 41.3 Å². The Hall–Kier alpha value is -4.29. The number of Topliss-reactive ketones (excluding diaryl/α,β-unsaturated/α-hetero) is 1. The number of phenolic OH excluding ortho intramolecular Hbond substituents is 1. The largest absolute Gasteiger partial charge is 0.507 e. The summed E-state index contributed by atoms with van der Waals surface area (Å²) in [5.41, 5.74) is 5.07. The number of hydrogen-bond donors (Lipinski definition) is 2. The van der Waals surface area contributed by atoms with E-state index in [1.807, 2.05) is 54.6 Å². The van der Waals surface area contributed by atoms with Crippen molar-refractivity contribution in [3.05, 3.63) is 89.6 Å². The topological polar surface area (TPSA) is 82.6 Å². The first-order valence-electron chi connectivity index (χ1n) is 12.3. The lowest BCUT2D eigenvalue weighted by Crippen LogP contribution is -2.30. The minimum Gasteiger partial charge on any atom is -0.507 e. The third kappa shape index (κ3) is 3.80. The van der Waals surface area contributed by atoms with Crippen molar-refractivity contribution in [3.8, 4) is 22.6 Å². The third-order valence-corrected chi connectivity index (χ3v) is 7.72. The van der Waals surface area contributed by atoms with E-state index in [9.17, 15) is 14.7 Å². The normalized spacial score (nSPS) is 14.7. The van der Waals surface area contributed by atoms with Gasteiger partial charge in [0.1, 0.15) is 17.2 Å². The van der Waals surface area contributed by atoms with Gasteiger partial charge in [-0.1, -0.05) is 30.3 Å². The predicted octanol–water partition coefficient (Wildman–Crippen LogP) is 6.89. The third-order valence-electron chi connectivity index (χ3n) is 7.34. The van der Waals surface area contributed by atoms with E-state index in [0.717, 1.165) is 49.8 Å². The molecule has 0 saturated carbocycles. The number of amides is 1. The molecule has 0 aliphatic carbocycles. The highest BCUT2D eigenvalue weighted by Gasteiger charge is 2.35. The summed E-state index contributed by atoms with van der Waals surface area (Å²) in [5.74, 6) is 0.638. The maximum absolute atomic E-state index is 13.9. The number of carbonyl (C=O) groups is 2. The van der Waals surface area contributed by atoms with E-state index >= 15 is 0 Å². The minimum absolute atomic E-state index is 0.0355. The number of ether oxygens (including phenoxy) is 1. The van der Waals surface area contributed by atoms with Crippen molar-refractivity contribution < 1.29 is 19.4 Å². The molecule has 7 heteroatoms. The zero-order valence-electron chi connectivity index (χ0n) is 20.9. The summed E-state index contributed by atoms with van der Waals surface area (Å²) < 4.78 is 5.33. The molecule has 0 spiro atoms. The van der Waals surface area contributed by atoms with Crippen LogP contribution in [0, 0.1) is 0 Å². The van der Waals surface area contributed by atoms with Crippen molar-refractivity contribution in [1.29, 1.82) is 0 Å². The van der Waals surface area contributed by atoms with Crippen LogP contribution in [0.2, 0.25) is 0 Å². The van der Waals surface area contributed by atoms with Gasteiger partial charge in [-0.15, -0.1) is 11.6 Å². The number of aromatic hydroxyl groups is 1. The number of H-pyrrole nitrogens is 1. The van der Waals surface area contributed by atoms with Crippen LogP contribution in [0.3, 0.4) is 0 Å². The van der Waals surface area contributed by atoms with Gasteiger partial charge >= 0.3 is 0 Å². The van der Waals surface area contributed by atoms with E-state index in [0.29, 0.717) is 18.1 Å². The van der Waals surface area contributed by atoms with E-state index in [2.05, 4.69) is 4.98 Å². The van der Waals surface area contributed by atoms with Gasteiger partial charge in [0, 0.05) is 34.9 Å². The van der Waals surface area contributed by atoms with Crippen molar-refractivity contribution >= 4 is 50.7 Å². The standard InChI is InChI=1S/C31H25ClN2O4/c1-17(35)24-12-18(7-10-29(24)36)25-14-28-30(23-6-4-3-5-22(23)25)20(15-32)16-34(28)31(37)27-13-19-11-21(38-2)8-9-26(19)33-27/h3-14,20,33,36H,15-16H2,1-2H3. The number of aromatic amines is 1. The molecule has 1 amide bonds. The van der Waals surface area contributed by atoms with Crippen LogP contribution in [0.5, 0.6) is 11.5 Å². The predicted molar refractivity (Wildman–Crippen MR) is 151 cm³/mol. The number of nitrogens with one attached hydrogen (secondary N) is 1. The molecule has 5 aromatic rings. The molecule has 1 aliphatic heterocycles. The van der Waals surface area contributed by atoms with E-state index < -0.39 is 0 Å². The van der Waals surface area contributed by atoms with Crippen molar-refractivity contribution in [3.63, 3.8) is 0 Å². The van der Waals surface area contributed by atoms with Gasteiger partial charge in [0.05, 0.1) is 12.7 Å². The number of fused-ring (bicyclic) bond motifs is 4. The highest BCUT2D eigenvalue weighted by atomic mass is 35.5. The average Bonchev–Trinajstić information content (AvgIpc) is 3.53. The average molecular weight is 525 g/mol. The molecular weight excluding hydrogens is 500 g/mol. The molecule has 0 radical (unpaired) electrons. The van der Waals surface area contributed by atoms with Gasteiger partial charge < -0.3 is 19.7 Å². The second kappa shape index (κ2) is 9.23. The summed E-state index contributed by atoms with van der Waals surface area (Å²) in [5, 5.41) is 13.1. The van der Waals surface area contributed by atoms with Crippen LogP contribution >= 0.6 is 11.6 Å². The SMILES string of the molecule is COc1ccc2[nH]c(C(=O)N3CC(CCl)c4c3cc(-c3ccc(O)c(C(C)=O)c3)c3ccccc43)cc2c1. The quantitative estimate of drug-likeness (QED) is 0.194. The molecule has 0 bridgehead atoms. The molecule has 2 heterocycles. The first kappa shape index (κ1) is 24.1. The molecule has 2 N–H and O–H groups in total. The Kier molecular flexibility index (Phi) is 5.84. The number of methoxy groups -OCH3 is 1. The lowest BCUT2D eigenvalue weighted by molar-refractivity contribution is 0.0982. The fraction of sp³-hybridized carbons (Fsp3) is 0.161. The maximum atomic E-state index is 13.9. The second-order valence-electron chi connectivity index (χ2n) is 9.59. The summed E-state index contributed by atoms with van der Waals surface area (Å²) in [4.78, 5) is 31.1. The van der Waals surface area contributed by atoms with Crippen molar-refractivity contribution in [2.45, 2.75) is 12.8 Å². The fourth-order valence-electron chi connectivity index (χ4n) is 5.49. The number of phenols is 1. The van der Waals surface area contributed by atoms with E-state index in [1.54, 1.807) is 24.1 Å². The van der Waals surface area contributed by atoms with Gasteiger partial charge in [0.25, 0.3) is 5.91 Å². The number of carbonyl (C=O) groups excluding carboxylic acids is 2. The van der Waals surface area contributed by atoms with Gasteiger partial charge in [0.15, 0.2) is 5.78 Å². The number of nitrogens with zero attached hydrogens (tertiary/aromatic N) is 1. The van der Waals surface area contributed by atoms with Crippen LogP contribution in [0.25, 0.3) is 32.8 Å². The van der Waals surface area contributed by atoms with Gasteiger partial charge in [-0.25, -0.2) is 0 Å². The number of hydrogen-bond acceptors (Lipinski definition) is 4. The molecule has 0 fully saturated rings. The Bertz CT molecular complexity index is 1760. The lowest BCUT2D eigenvalue weighted by atomic mass is 9.90. The molecule has 6 nitrogen and oxygen atoms in total. The van der Waals surface area contributed by atoms with Crippen LogP contribution in [-0.2, 0) is 0 Å². The molecule has 38 heavy (non-hydrogen) atoms. The Morgan fingerprint density at radius 3 is 2.58 bits per heavy atom. The molecule has 1 atom stereocenters. The molecule has 1 aliphatic rings. The van der Waals surface area contributed by atoms with Crippen LogP contribution < -0.4 is 9.64 Å². The zero-order chi connectivity index (χ0) is 26.6. The monoisotopic (exact) mass is 524 g/mol. The molecule has 1 unspecified atom stereocenters. The van der Waals surface area contributed by atoms with Crippen molar-refractivity contribution in [2.75, 3.05) is 24.4 Å². The highest BCUT2D eigenvalue weighted by Crippen LogP contribution is 2.46. The first-order valence-corrected chi connectivity index (χ1v) is 12.9. The lowest BCUT2D eigenvalue weighted by Gasteiger charge is -2.19. The van der Waals surface area contributed by atoms with Crippen LogP contribution in [0.1, 0.15) is 39.3 Å². The Morgan fingerprint density at radius 1 is 1.05 bits per heavy atom. The Balaban J connectivity index is 1.53. The molecule has 4 aromatic carbocycles. The number of alkyl halides is 1. The van der Waals surface area contributed by atoms with Crippen LogP contribution in [0.4, 0.5) is 5.69 Å². The van der Waals surface area contributed by atoms with Gasteiger partial charge in [-0.3, -0.25) is 9.59 Å². The summed E-state index contributed by atoms with van der Waals surface area (Å²) in [6.45, 7) is 1.89. The number of benzene rings is 4. The smallest absolute Gasteiger partial charge is 0.274 e. The van der Waals surface area contributed by atoms with Gasteiger partial charge in [-0.2, -0.15) is 0 Å². The minimum atomic E-state index is -0.218. The van der Waals surface area contributed by atoms with Gasteiger partial charge in [-0.05, 0) is 76.9 Å². The number of halogens is 1. The second-order valence-corrected chi connectivity index (χ2v) is 9.90. The fourth-order valence-corrected chi connectivity index (χ4v) is 5.74. The molecule has 190 valence electrons. The van der Waals surface area contributed by atoms with Crippen molar-refractivity contribution in [2.24, 2.45) is 0 Å². The Labute approximate surface area is 224 Å². The maximum Gasteiger partial charge on any atom is 0.274 e. The molecule has 0 saturated heterocycles. The number of ketones is 1. The highest BCUT2D eigenvalue weighted by molar-refractivity contribution is 6.19. The Morgan fingerprint density at radius 2 is 1.84 bits per heavy atom. The molecule has 6 rings (SSSR count). The summed E-state index contributed by atoms with van der Waals surface area (Å²) in [6, 6.07) is 22.6. The van der Waals surface area contributed by atoms with Crippen LogP contribution in [0.15, 0.2) is 72.8 Å². The zero-order valence-corrected chi connectivity index (χ0v) is 21.7. The first-order chi connectivity index (χ1) is 18.4. The molecular formula is C31H25ClN2O4. The summed E-state index contributed by atoms with van der Waals surface area (Å²) >= 11 is 6.45. The van der Waals surface area contributed by atoms with E-state index in [4.69, 9.17) is 16.3 Å². The van der Waals surface area contributed by atoms with E-state index in [-0.39, 0.29) is 28.9 Å². The number of aromatic nitrogens is 1. The summed E-state index contributed by atoms with van der Waals surface area (Å²) in [6.07, 6.45) is 0. The number of rotatable bonds is 5.